The molecule has 4 nitrogen and oxygen atoms in total. The maximum absolute atomic E-state index is 11.8. The molecule has 0 bridgehead atoms. The number of nitrogens with one attached hydrogen (secondary N) is 1. The SMILES string of the molecule is CC(Cl)C(=O)NC(=O)N(C)C1CCCCC1C. The van der Waals surface area contributed by atoms with Crippen LogP contribution in [0.15, 0.2) is 0 Å². The Labute approximate surface area is 108 Å². The van der Waals surface area contributed by atoms with Gasteiger partial charge in [-0.15, -0.1) is 11.6 Å². The van der Waals surface area contributed by atoms with Crippen molar-refractivity contribution in [1.29, 1.82) is 0 Å². The number of rotatable bonds is 2. The number of urea groups is 1. The number of amides is 3. The second-order valence-corrected chi connectivity index (χ2v) is 5.51. The minimum Gasteiger partial charge on any atom is -0.324 e. The number of nitrogens with zero attached hydrogens (tertiary/aromatic N) is 1. The standard InChI is InChI=1S/C12H21ClN2O2/c1-8-6-4-5-7-10(8)15(3)12(17)14-11(16)9(2)13/h8-10H,4-7H2,1-3H3,(H,14,16,17). The topological polar surface area (TPSA) is 49.4 Å². The second kappa shape index (κ2) is 6.24. The highest BCUT2D eigenvalue weighted by molar-refractivity contribution is 6.31. The number of alkyl halides is 1. The van der Waals surface area contributed by atoms with Gasteiger partial charge in [0.05, 0.1) is 0 Å². The van der Waals surface area contributed by atoms with E-state index in [1.807, 2.05) is 0 Å². The molecular weight excluding hydrogens is 240 g/mol. The van der Waals surface area contributed by atoms with Crippen molar-refractivity contribution in [3.63, 3.8) is 0 Å². The van der Waals surface area contributed by atoms with E-state index in [4.69, 9.17) is 11.6 Å². The molecule has 0 aromatic carbocycles. The van der Waals surface area contributed by atoms with Gasteiger partial charge in [0.1, 0.15) is 5.38 Å². The van der Waals surface area contributed by atoms with E-state index in [-0.39, 0.29) is 12.1 Å². The smallest absolute Gasteiger partial charge is 0.324 e. The second-order valence-electron chi connectivity index (χ2n) is 4.85. The highest BCUT2D eigenvalue weighted by Crippen LogP contribution is 2.27. The van der Waals surface area contributed by atoms with Gasteiger partial charge in [0, 0.05) is 13.1 Å². The van der Waals surface area contributed by atoms with Crippen molar-refractivity contribution in [2.75, 3.05) is 7.05 Å². The molecule has 3 atom stereocenters. The van der Waals surface area contributed by atoms with Crippen LogP contribution in [0.25, 0.3) is 0 Å². The molecule has 1 aliphatic rings. The molecule has 0 aromatic rings. The van der Waals surface area contributed by atoms with Gasteiger partial charge >= 0.3 is 6.03 Å². The zero-order chi connectivity index (χ0) is 13.0. The van der Waals surface area contributed by atoms with Gasteiger partial charge < -0.3 is 4.90 Å². The summed E-state index contributed by atoms with van der Waals surface area (Å²) in [7, 11) is 1.74. The van der Waals surface area contributed by atoms with Crippen molar-refractivity contribution in [1.82, 2.24) is 10.2 Å². The first-order valence-electron chi connectivity index (χ1n) is 6.15. The summed E-state index contributed by atoms with van der Waals surface area (Å²) in [6.45, 7) is 3.70. The molecule has 17 heavy (non-hydrogen) atoms. The van der Waals surface area contributed by atoms with Crippen molar-refractivity contribution in [2.24, 2.45) is 5.92 Å². The molecule has 0 radical (unpaired) electrons. The van der Waals surface area contributed by atoms with Gasteiger partial charge in [-0.1, -0.05) is 19.8 Å². The monoisotopic (exact) mass is 260 g/mol. The first kappa shape index (κ1) is 14.3. The molecule has 0 aliphatic heterocycles. The summed E-state index contributed by atoms with van der Waals surface area (Å²) in [6.07, 6.45) is 4.52. The summed E-state index contributed by atoms with van der Waals surface area (Å²) in [5.41, 5.74) is 0. The molecule has 0 saturated heterocycles. The molecule has 5 heteroatoms. The van der Waals surface area contributed by atoms with Crippen LogP contribution in [0.2, 0.25) is 0 Å². The lowest BCUT2D eigenvalue weighted by Crippen LogP contribution is -2.50. The van der Waals surface area contributed by atoms with Crippen molar-refractivity contribution in [3.8, 4) is 0 Å². The van der Waals surface area contributed by atoms with Gasteiger partial charge in [-0.05, 0) is 25.7 Å². The van der Waals surface area contributed by atoms with Crippen LogP contribution in [0.4, 0.5) is 4.79 Å². The summed E-state index contributed by atoms with van der Waals surface area (Å²) in [6, 6.07) is -0.122. The van der Waals surface area contributed by atoms with Crippen LogP contribution < -0.4 is 5.32 Å². The lowest BCUT2D eigenvalue weighted by molar-refractivity contribution is -0.119. The number of halogens is 1. The Morgan fingerprint density at radius 3 is 2.47 bits per heavy atom. The molecule has 1 fully saturated rings. The molecule has 0 aromatic heterocycles. The lowest BCUT2D eigenvalue weighted by atomic mass is 9.85. The Bertz CT molecular complexity index is 294. The van der Waals surface area contributed by atoms with E-state index >= 15 is 0 Å². The highest BCUT2D eigenvalue weighted by Gasteiger charge is 2.28. The third-order valence-electron chi connectivity index (χ3n) is 3.48. The van der Waals surface area contributed by atoms with E-state index in [0.29, 0.717) is 5.92 Å². The summed E-state index contributed by atoms with van der Waals surface area (Å²) in [5.74, 6) is 0.0509. The molecule has 0 heterocycles. The van der Waals surface area contributed by atoms with Crippen LogP contribution in [0.5, 0.6) is 0 Å². The molecule has 1 aliphatic carbocycles. The van der Waals surface area contributed by atoms with Crippen LogP contribution in [0.3, 0.4) is 0 Å². The molecule has 1 rings (SSSR count). The van der Waals surface area contributed by atoms with Crippen molar-refractivity contribution >= 4 is 23.5 Å². The molecule has 3 unspecified atom stereocenters. The Kier molecular flexibility index (Phi) is 5.25. The maximum Gasteiger partial charge on any atom is 0.324 e. The summed E-state index contributed by atoms with van der Waals surface area (Å²) in [5, 5.41) is 1.63. The molecule has 1 saturated carbocycles. The molecule has 0 spiro atoms. The summed E-state index contributed by atoms with van der Waals surface area (Å²) < 4.78 is 0. The Hall–Kier alpha value is -0.770. The average molecular weight is 261 g/mol. The van der Waals surface area contributed by atoms with Gasteiger partial charge in [0.15, 0.2) is 0 Å². The predicted molar refractivity (Wildman–Crippen MR) is 68.0 cm³/mol. The quantitative estimate of drug-likeness (QED) is 0.775. The van der Waals surface area contributed by atoms with Gasteiger partial charge in [0.25, 0.3) is 0 Å². The lowest BCUT2D eigenvalue weighted by Gasteiger charge is -2.36. The fraction of sp³-hybridized carbons (Fsp3) is 0.833. The fourth-order valence-corrected chi connectivity index (χ4v) is 2.37. The Morgan fingerprint density at radius 1 is 1.35 bits per heavy atom. The van der Waals surface area contributed by atoms with E-state index < -0.39 is 11.3 Å². The number of imide groups is 1. The van der Waals surface area contributed by atoms with Crippen LogP contribution in [0, 0.1) is 5.92 Å². The highest BCUT2D eigenvalue weighted by atomic mass is 35.5. The van der Waals surface area contributed by atoms with Crippen LogP contribution in [-0.4, -0.2) is 35.3 Å². The van der Waals surface area contributed by atoms with E-state index in [1.54, 1.807) is 18.9 Å². The summed E-state index contributed by atoms with van der Waals surface area (Å²) >= 11 is 5.61. The molecule has 98 valence electrons. The zero-order valence-corrected chi connectivity index (χ0v) is 11.5. The molecule has 3 amide bonds. The maximum atomic E-state index is 11.8. The van der Waals surface area contributed by atoms with Gasteiger partial charge in [-0.3, -0.25) is 10.1 Å². The zero-order valence-electron chi connectivity index (χ0n) is 10.7. The van der Waals surface area contributed by atoms with E-state index in [9.17, 15) is 9.59 Å². The Balaban J connectivity index is 2.53. The van der Waals surface area contributed by atoms with Crippen molar-refractivity contribution in [3.05, 3.63) is 0 Å². The van der Waals surface area contributed by atoms with E-state index in [2.05, 4.69) is 12.2 Å². The first-order valence-corrected chi connectivity index (χ1v) is 6.59. The number of hydrogen-bond donors (Lipinski definition) is 1. The Morgan fingerprint density at radius 2 is 1.94 bits per heavy atom. The predicted octanol–water partition coefficient (Wildman–Crippen LogP) is 2.36. The minimum absolute atomic E-state index is 0.224. The number of carbonyl (C=O) groups excluding carboxylic acids is 2. The first-order chi connectivity index (χ1) is 7.93. The van der Waals surface area contributed by atoms with Crippen LogP contribution in [-0.2, 0) is 4.79 Å². The fourth-order valence-electron chi connectivity index (χ4n) is 2.32. The minimum atomic E-state index is -0.684. The van der Waals surface area contributed by atoms with E-state index in [1.165, 1.54) is 6.42 Å². The molecule has 1 N–H and O–H groups in total. The van der Waals surface area contributed by atoms with E-state index in [0.717, 1.165) is 19.3 Å². The van der Waals surface area contributed by atoms with Crippen molar-refractivity contribution < 1.29 is 9.59 Å². The van der Waals surface area contributed by atoms with Crippen LogP contribution in [0.1, 0.15) is 39.5 Å². The summed E-state index contributed by atoms with van der Waals surface area (Å²) in [4.78, 5) is 24.8. The third kappa shape index (κ3) is 3.87. The largest absolute Gasteiger partial charge is 0.324 e. The van der Waals surface area contributed by atoms with Crippen LogP contribution >= 0.6 is 11.6 Å². The van der Waals surface area contributed by atoms with Gasteiger partial charge in [-0.2, -0.15) is 0 Å². The normalized spacial score (nSPS) is 26.1. The average Bonchev–Trinajstić information content (AvgIpc) is 2.28. The number of carbonyl (C=O) groups is 2. The number of hydrogen-bond acceptors (Lipinski definition) is 2. The van der Waals surface area contributed by atoms with Gasteiger partial charge in [-0.25, -0.2) is 4.79 Å². The van der Waals surface area contributed by atoms with Gasteiger partial charge in [0.2, 0.25) is 5.91 Å². The molecular formula is C12H21ClN2O2. The third-order valence-corrected chi connectivity index (χ3v) is 3.67. The van der Waals surface area contributed by atoms with Crippen molar-refractivity contribution in [2.45, 2.75) is 50.9 Å².